The highest BCUT2D eigenvalue weighted by Gasteiger charge is 2.24. The molecule has 0 radical (unpaired) electrons. The number of amides is 1. The number of benzene rings is 1. The van der Waals surface area contributed by atoms with Crippen molar-refractivity contribution in [3.05, 3.63) is 28.8 Å². The van der Waals surface area contributed by atoms with Gasteiger partial charge >= 0.3 is 0 Å². The number of carbonyl (C=O) groups excluding carboxylic acids is 1. The Bertz CT molecular complexity index is 471. The van der Waals surface area contributed by atoms with Crippen molar-refractivity contribution in [2.45, 2.75) is 13.0 Å². The summed E-state index contributed by atoms with van der Waals surface area (Å²) in [5, 5.41) is 3.28. The molecule has 0 fully saturated rings. The second-order valence-corrected chi connectivity index (χ2v) is 3.92. The maximum Gasteiger partial charge on any atom is 0.250 e. The van der Waals surface area contributed by atoms with E-state index in [0.717, 1.165) is 5.56 Å². The van der Waals surface area contributed by atoms with Crippen molar-refractivity contribution < 1.29 is 9.53 Å². The van der Waals surface area contributed by atoms with E-state index in [1.54, 1.807) is 32.2 Å². The molecule has 1 aromatic rings. The van der Waals surface area contributed by atoms with E-state index in [2.05, 4.69) is 10.3 Å². The zero-order chi connectivity index (χ0) is 11.7. The lowest BCUT2D eigenvalue weighted by Crippen LogP contribution is -2.28. The average Bonchev–Trinajstić information content (AvgIpc) is 2.59. The Labute approximate surface area is 98.3 Å². The molecule has 1 heterocycles. The molecule has 1 atom stereocenters. The molecule has 84 valence electrons. The first-order chi connectivity index (χ1) is 7.61. The van der Waals surface area contributed by atoms with E-state index in [1.165, 1.54) is 0 Å². The Kier molecular flexibility index (Phi) is 2.83. The number of halogens is 1. The van der Waals surface area contributed by atoms with Crippen molar-refractivity contribution in [1.82, 2.24) is 5.32 Å². The van der Waals surface area contributed by atoms with Crippen LogP contribution in [0.3, 0.4) is 0 Å². The monoisotopic (exact) mass is 238 g/mol. The van der Waals surface area contributed by atoms with Crippen LogP contribution in [-0.2, 0) is 4.79 Å². The van der Waals surface area contributed by atoms with Gasteiger partial charge in [0.2, 0.25) is 5.91 Å². The lowest BCUT2D eigenvalue weighted by atomic mass is 10.2. The zero-order valence-corrected chi connectivity index (χ0v) is 9.71. The Morgan fingerprint density at radius 2 is 2.25 bits per heavy atom. The van der Waals surface area contributed by atoms with Crippen LogP contribution in [0.1, 0.15) is 12.5 Å². The highest BCUT2D eigenvalue weighted by Crippen LogP contribution is 2.24. The van der Waals surface area contributed by atoms with Crippen LogP contribution in [0, 0.1) is 0 Å². The smallest absolute Gasteiger partial charge is 0.250 e. The minimum atomic E-state index is -0.351. The van der Waals surface area contributed by atoms with Gasteiger partial charge in [0.1, 0.15) is 17.6 Å². The van der Waals surface area contributed by atoms with Crippen molar-refractivity contribution >= 4 is 23.3 Å². The first-order valence-corrected chi connectivity index (χ1v) is 5.22. The molecular formula is C11H11ClN2O2. The van der Waals surface area contributed by atoms with Crippen LogP contribution < -0.4 is 10.1 Å². The number of ether oxygens (including phenoxy) is 1. The molecule has 1 amide bonds. The van der Waals surface area contributed by atoms with E-state index in [1.807, 2.05) is 0 Å². The van der Waals surface area contributed by atoms with Gasteiger partial charge in [-0.15, -0.1) is 0 Å². The Morgan fingerprint density at radius 3 is 2.81 bits per heavy atom. The molecule has 0 spiro atoms. The summed E-state index contributed by atoms with van der Waals surface area (Å²) in [6, 6.07) is 4.85. The van der Waals surface area contributed by atoms with E-state index >= 15 is 0 Å². The lowest BCUT2D eigenvalue weighted by molar-refractivity contribution is -0.119. The van der Waals surface area contributed by atoms with E-state index in [-0.39, 0.29) is 11.9 Å². The van der Waals surface area contributed by atoms with E-state index in [9.17, 15) is 4.79 Å². The number of nitrogens with zero attached hydrogens (tertiary/aromatic N) is 1. The third-order valence-electron chi connectivity index (χ3n) is 2.36. The molecule has 0 saturated carbocycles. The summed E-state index contributed by atoms with van der Waals surface area (Å²) in [6.45, 7) is 1.74. The van der Waals surface area contributed by atoms with Crippen LogP contribution in [0.4, 0.5) is 0 Å². The number of carbonyl (C=O) groups is 1. The predicted octanol–water partition coefficient (Wildman–Crippen LogP) is 1.61. The molecule has 16 heavy (non-hydrogen) atoms. The van der Waals surface area contributed by atoms with Gasteiger partial charge in [-0.25, -0.2) is 0 Å². The van der Waals surface area contributed by atoms with Crippen molar-refractivity contribution in [3.8, 4) is 5.75 Å². The van der Waals surface area contributed by atoms with Crippen LogP contribution >= 0.6 is 11.6 Å². The number of rotatable bonds is 2. The summed E-state index contributed by atoms with van der Waals surface area (Å²) >= 11 is 5.85. The van der Waals surface area contributed by atoms with Crippen molar-refractivity contribution in [2.24, 2.45) is 4.99 Å². The number of hydrogen-bond acceptors (Lipinski definition) is 3. The number of hydrogen-bond donors (Lipinski definition) is 1. The molecule has 0 bridgehead atoms. The molecule has 4 nitrogen and oxygen atoms in total. The summed E-state index contributed by atoms with van der Waals surface area (Å²) in [6.07, 6.45) is 0. The van der Waals surface area contributed by atoms with Gasteiger partial charge in [-0.1, -0.05) is 11.6 Å². The molecule has 0 saturated heterocycles. The Morgan fingerprint density at radius 1 is 1.50 bits per heavy atom. The normalized spacial score (nSPS) is 19.3. The summed E-state index contributed by atoms with van der Waals surface area (Å²) in [4.78, 5) is 15.5. The molecule has 1 unspecified atom stereocenters. The molecule has 1 aliphatic rings. The molecule has 5 heteroatoms. The van der Waals surface area contributed by atoms with E-state index in [4.69, 9.17) is 16.3 Å². The number of aliphatic imine (C=N–C) groups is 1. The number of nitrogens with one attached hydrogen (secondary N) is 1. The third-order valence-corrected chi connectivity index (χ3v) is 2.60. The standard InChI is InChI=1S/C11H11ClN2O2/c1-6-11(15)14-10(13-6)8-4-3-7(12)5-9(8)16-2/h3-6H,1-2H3,(H,13,14,15). The maximum absolute atomic E-state index is 11.3. The van der Waals surface area contributed by atoms with Gasteiger partial charge in [0.25, 0.3) is 0 Å². The molecule has 1 aromatic carbocycles. The Balaban J connectivity index is 2.41. The van der Waals surface area contributed by atoms with Gasteiger partial charge in [0, 0.05) is 5.02 Å². The third kappa shape index (κ3) is 1.88. The predicted molar refractivity (Wildman–Crippen MR) is 62.1 cm³/mol. The highest BCUT2D eigenvalue weighted by atomic mass is 35.5. The van der Waals surface area contributed by atoms with Crippen molar-refractivity contribution in [3.63, 3.8) is 0 Å². The van der Waals surface area contributed by atoms with Crippen LogP contribution in [0.5, 0.6) is 5.75 Å². The topological polar surface area (TPSA) is 50.7 Å². The molecule has 0 aromatic heterocycles. The van der Waals surface area contributed by atoms with Gasteiger partial charge in [-0.2, -0.15) is 0 Å². The van der Waals surface area contributed by atoms with Crippen LogP contribution in [0.2, 0.25) is 5.02 Å². The number of amidine groups is 1. The molecule has 1 N–H and O–H groups in total. The fourth-order valence-corrected chi connectivity index (χ4v) is 1.67. The summed E-state index contributed by atoms with van der Waals surface area (Å²) in [5.74, 6) is 1.03. The fraction of sp³-hybridized carbons (Fsp3) is 0.273. The van der Waals surface area contributed by atoms with Gasteiger partial charge in [0.05, 0.1) is 12.7 Å². The van der Waals surface area contributed by atoms with Gasteiger partial charge < -0.3 is 10.1 Å². The van der Waals surface area contributed by atoms with Crippen molar-refractivity contribution in [2.75, 3.05) is 7.11 Å². The molecular weight excluding hydrogens is 228 g/mol. The molecule has 2 rings (SSSR count). The van der Waals surface area contributed by atoms with Crippen molar-refractivity contribution in [1.29, 1.82) is 0 Å². The Hall–Kier alpha value is -1.55. The molecule has 1 aliphatic heterocycles. The van der Waals surface area contributed by atoms with Gasteiger partial charge in [-0.05, 0) is 25.1 Å². The minimum absolute atomic E-state index is 0.105. The average molecular weight is 239 g/mol. The van der Waals surface area contributed by atoms with E-state index in [0.29, 0.717) is 16.6 Å². The first-order valence-electron chi connectivity index (χ1n) is 4.84. The highest BCUT2D eigenvalue weighted by molar-refractivity contribution is 6.31. The largest absolute Gasteiger partial charge is 0.496 e. The zero-order valence-electron chi connectivity index (χ0n) is 8.95. The summed E-state index contributed by atoms with van der Waals surface area (Å²) in [7, 11) is 1.55. The SMILES string of the molecule is COc1cc(Cl)ccc1C1=NC(C)C(=O)N1. The van der Waals surface area contributed by atoms with E-state index < -0.39 is 0 Å². The van der Waals surface area contributed by atoms with Crippen LogP contribution in [-0.4, -0.2) is 24.9 Å². The maximum atomic E-state index is 11.3. The van der Waals surface area contributed by atoms with Gasteiger partial charge in [-0.3, -0.25) is 9.79 Å². The van der Waals surface area contributed by atoms with Crippen LogP contribution in [0.15, 0.2) is 23.2 Å². The minimum Gasteiger partial charge on any atom is -0.496 e. The second kappa shape index (κ2) is 4.14. The summed E-state index contributed by atoms with van der Waals surface area (Å²) < 4.78 is 5.19. The first kappa shape index (κ1) is 11.0. The fourth-order valence-electron chi connectivity index (χ4n) is 1.50. The number of methoxy groups -OCH3 is 1. The van der Waals surface area contributed by atoms with Gasteiger partial charge in [0.15, 0.2) is 0 Å². The quantitative estimate of drug-likeness (QED) is 0.851. The summed E-state index contributed by atoms with van der Waals surface area (Å²) in [5.41, 5.74) is 0.740. The molecule has 0 aliphatic carbocycles. The van der Waals surface area contributed by atoms with Crippen LogP contribution in [0.25, 0.3) is 0 Å². The lowest BCUT2D eigenvalue weighted by Gasteiger charge is -2.08. The second-order valence-electron chi connectivity index (χ2n) is 3.49.